The van der Waals surface area contributed by atoms with Gasteiger partial charge in [0.2, 0.25) is 0 Å². The topological polar surface area (TPSA) is 63.7 Å². The molecule has 0 N–H and O–H groups in total. The van der Waals surface area contributed by atoms with Crippen LogP contribution in [0.15, 0.2) is 54.6 Å². The molecule has 0 fully saturated rings. The van der Waals surface area contributed by atoms with Crippen LogP contribution in [-0.4, -0.2) is 22.1 Å². The van der Waals surface area contributed by atoms with Crippen molar-refractivity contribution in [2.75, 3.05) is 7.11 Å². The van der Waals surface area contributed by atoms with Crippen LogP contribution in [0.25, 0.3) is 5.69 Å². The van der Waals surface area contributed by atoms with Gasteiger partial charge in [-0.2, -0.15) is 5.26 Å². The normalized spacial score (nSPS) is 10.2. The Morgan fingerprint density at radius 3 is 2.45 bits per heavy atom. The Morgan fingerprint density at radius 2 is 1.82 bits per heavy atom. The maximum Gasteiger partial charge on any atom is 0.186 e. The number of nitriles is 1. The largest absolute Gasteiger partial charge is 0.497 e. The molecular weight excluding hydrogens is 276 g/mol. The number of methoxy groups -OCH3 is 1. The van der Waals surface area contributed by atoms with Gasteiger partial charge in [-0.25, -0.2) is 4.68 Å². The van der Waals surface area contributed by atoms with Gasteiger partial charge in [-0.15, -0.1) is 5.10 Å². The number of benzene rings is 2. The number of nitrogens with zero attached hydrogens (tertiary/aromatic N) is 4. The molecule has 0 amide bonds. The van der Waals surface area contributed by atoms with Crippen LogP contribution in [0.1, 0.15) is 17.0 Å². The lowest BCUT2D eigenvalue weighted by atomic mass is 10.1. The number of hydrogen-bond acceptors (Lipinski definition) is 4. The van der Waals surface area contributed by atoms with Gasteiger partial charge in [0.05, 0.1) is 18.5 Å². The predicted octanol–water partition coefficient (Wildman–Crippen LogP) is 2.74. The third-order valence-corrected chi connectivity index (χ3v) is 3.40. The van der Waals surface area contributed by atoms with E-state index in [2.05, 4.69) is 16.4 Å². The van der Waals surface area contributed by atoms with Crippen molar-refractivity contribution in [1.29, 1.82) is 5.26 Å². The molecule has 0 spiro atoms. The maximum atomic E-state index is 9.25. The summed E-state index contributed by atoms with van der Waals surface area (Å²) in [5, 5.41) is 17.3. The Hall–Kier alpha value is -3.13. The van der Waals surface area contributed by atoms with E-state index in [-0.39, 0.29) is 0 Å². The smallest absolute Gasteiger partial charge is 0.186 e. The van der Waals surface area contributed by atoms with Gasteiger partial charge >= 0.3 is 0 Å². The summed E-state index contributed by atoms with van der Waals surface area (Å²) in [6, 6.07) is 19.6. The number of hydrogen-bond donors (Lipinski definition) is 0. The molecule has 0 unspecified atom stereocenters. The molecule has 3 aromatic rings. The fourth-order valence-electron chi connectivity index (χ4n) is 2.27. The Labute approximate surface area is 128 Å². The molecule has 5 nitrogen and oxygen atoms in total. The molecule has 108 valence electrons. The van der Waals surface area contributed by atoms with Crippen LogP contribution in [0.3, 0.4) is 0 Å². The average molecular weight is 290 g/mol. The lowest BCUT2D eigenvalue weighted by molar-refractivity contribution is 0.414. The van der Waals surface area contributed by atoms with Crippen molar-refractivity contribution in [3.8, 4) is 17.5 Å². The van der Waals surface area contributed by atoms with E-state index in [9.17, 15) is 5.26 Å². The molecule has 0 aliphatic heterocycles. The van der Waals surface area contributed by atoms with Crippen molar-refractivity contribution in [2.24, 2.45) is 0 Å². The first-order valence-corrected chi connectivity index (χ1v) is 6.85. The molecule has 0 saturated heterocycles. The van der Waals surface area contributed by atoms with Gasteiger partial charge < -0.3 is 4.74 Å². The molecule has 0 aliphatic carbocycles. The molecule has 22 heavy (non-hydrogen) atoms. The second-order valence-corrected chi connectivity index (χ2v) is 4.77. The van der Waals surface area contributed by atoms with E-state index in [1.54, 1.807) is 11.8 Å². The second-order valence-electron chi connectivity index (χ2n) is 4.77. The van der Waals surface area contributed by atoms with E-state index in [4.69, 9.17) is 4.74 Å². The highest BCUT2D eigenvalue weighted by atomic mass is 16.5. The highest BCUT2D eigenvalue weighted by molar-refractivity contribution is 5.41. The van der Waals surface area contributed by atoms with Crippen LogP contribution < -0.4 is 4.74 Å². The standard InChI is InChI=1S/C17H14N4O/c1-22-15-9-7-14(8-10-15)21-17(16(12-18)19-20-21)11-13-5-3-2-4-6-13/h2-10H,11H2,1H3. The third-order valence-electron chi connectivity index (χ3n) is 3.40. The first-order valence-electron chi connectivity index (χ1n) is 6.85. The lowest BCUT2D eigenvalue weighted by Gasteiger charge is -2.07. The predicted molar refractivity (Wildman–Crippen MR) is 81.9 cm³/mol. The molecule has 0 bridgehead atoms. The van der Waals surface area contributed by atoms with Crippen LogP contribution in [0.5, 0.6) is 5.75 Å². The molecule has 0 atom stereocenters. The Kier molecular flexibility index (Phi) is 3.84. The van der Waals surface area contributed by atoms with E-state index in [1.165, 1.54) is 0 Å². The van der Waals surface area contributed by atoms with Crippen molar-refractivity contribution in [3.05, 3.63) is 71.5 Å². The van der Waals surface area contributed by atoms with Crippen LogP contribution in [0, 0.1) is 11.3 Å². The van der Waals surface area contributed by atoms with Crippen molar-refractivity contribution >= 4 is 0 Å². The van der Waals surface area contributed by atoms with E-state index in [0.717, 1.165) is 22.7 Å². The molecule has 1 aromatic heterocycles. The summed E-state index contributed by atoms with van der Waals surface area (Å²) in [6.07, 6.45) is 0.600. The Morgan fingerprint density at radius 1 is 1.09 bits per heavy atom. The number of ether oxygens (including phenoxy) is 1. The molecule has 1 heterocycles. The minimum atomic E-state index is 0.347. The zero-order chi connectivity index (χ0) is 15.4. The van der Waals surface area contributed by atoms with Gasteiger partial charge in [0.25, 0.3) is 0 Å². The summed E-state index contributed by atoms with van der Waals surface area (Å²) in [4.78, 5) is 0. The van der Waals surface area contributed by atoms with E-state index in [0.29, 0.717) is 12.1 Å². The van der Waals surface area contributed by atoms with Gasteiger partial charge in [-0.3, -0.25) is 0 Å². The lowest BCUT2D eigenvalue weighted by Crippen LogP contribution is -2.04. The highest BCUT2D eigenvalue weighted by Gasteiger charge is 2.14. The molecule has 2 aromatic carbocycles. The zero-order valence-corrected chi connectivity index (χ0v) is 12.1. The number of rotatable bonds is 4. The monoisotopic (exact) mass is 290 g/mol. The fourth-order valence-corrected chi connectivity index (χ4v) is 2.27. The quantitative estimate of drug-likeness (QED) is 0.741. The SMILES string of the molecule is COc1ccc(-n2nnc(C#N)c2Cc2ccccc2)cc1. The maximum absolute atomic E-state index is 9.25. The summed E-state index contributed by atoms with van der Waals surface area (Å²) in [5.74, 6) is 0.772. The fraction of sp³-hybridized carbons (Fsp3) is 0.118. The van der Waals surface area contributed by atoms with Gasteiger partial charge in [0.15, 0.2) is 5.69 Å². The molecular formula is C17H14N4O. The van der Waals surface area contributed by atoms with Crippen LogP contribution in [0.2, 0.25) is 0 Å². The highest BCUT2D eigenvalue weighted by Crippen LogP contribution is 2.19. The summed E-state index contributed by atoms with van der Waals surface area (Å²) in [5.41, 5.74) is 3.08. The van der Waals surface area contributed by atoms with Crippen LogP contribution in [-0.2, 0) is 6.42 Å². The first kappa shape index (κ1) is 13.8. The summed E-state index contributed by atoms with van der Waals surface area (Å²) < 4.78 is 6.86. The molecule has 0 radical (unpaired) electrons. The summed E-state index contributed by atoms with van der Waals surface area (Å²) in [7, 11) is 1.62. The first-order chi connectivity index (χ1) is 10.8. The molecule has 0 saturated carbocycles. The molecule has 5 heteroatoms. The van der Waals surface area contributed by atoms with Gasteiger partial charge in [-0.05, 0) is 29.8 Å². The van der Waals surface area contributed by atoms with Crippen molar-refractivity contribution in [1.82, 2.24) is 15.0 Å². The number of aromatic nitrogens is 3. The summed E-state index contributed by atoms with van der Waals surface area (Å²) in [6.45, 7) is 0. The molecule has 3 rings (SSSR count). The van der Waals surface area contributed by atoms with E-state index < -0.39 is 0 Å². The molecule has 0 aliphatic rings. The van der Waals surface area contributed by atoms with Gasteiger partial charge in [0.1, 0.15) is 11.8 Å². The minimum Gasteiger partial charge on any atom is -0.497 e. The van der Waals surface area contributed by atoms with Gasteiger partial charge in [0, 0.05) is 6.42 Å². The van der Waals surface area contributed by atoms with Crippen molar-refractivity contribution < 1.29 is 4.74 Å². The zero-order valence-electron chi connectivity index (χ0n) is 12.1. The minimum absolute atomic E-state index is 0.347. The van der Waals surface area contributed by atoms with Crippen LogP contribution in [0.4, 0.5) is 0 Å². The van der Waals surface area contributed by atoms with Crippen LogP contribution >= 0.6 is 0 Å². The summed E-state index contributed by atoms with van der Waals surface area (Å²) >= 11 is 0. The van der Waals surface area contributed by atoms with Crippen molar-refractivity contribution in [2.45, 2.75) is 6.42 Å². The third kappa shape index (κ3) is 2.67. The van der Waals surface area contributed by atoms with Crippen molar-refractivity contribution in [3.63, 3.8) is 0 Å². The average Bonchev–Trinajstić information content (AvgIpc) is 2.98. The second kappa shape index (κ2) is 6.10. The van der Waals surface area contributed by atoms with Gasteiger partial charge in [-0.1, -0.05) is 35.5 Å². The van der Waals surface area contributed by atoms with E-state index >= 15 is 0 Å². The Balaban J connectivity index is 2.01. The van der Waals surface area contributed by atoms with E-state index in [1.807, 2.05) is 54.6 Å². The Bertz CT molecular complexity index is 801.